The second-order valence-electron chi connectivity index (χ2n) is 5.86. The van der Waals surface area contributed by atoms with Crippen LogP contribution < -0.4 is 0 Å². The van der Waals surface area contributed by atoms with Crippen LogP contribution in [0.4, 0.5) is 0 Å². The van der Waals surface area contributed by atoms with Crippen molar-refractivity contribution in [2.45, 2.75) is 45.4 Å². The van der Waals surface area contributed by atoms with Crippen LogP contribution in [0.15, 0.2) is 24.3 Å². The zero-order valence-electron chi connectivity index (χ0n) is 11.3. The molecule has 2 rings (SSSR count). The van der Waals surface area contributed by atoms with E-state index in [4.69, 9.17) is 4.74 Å². The Morgan fingerprint density at radius 1 is 1.12 bits per heavy atom. The van der Waals surface area contributed by atoms with Crippen molar-refractivity contribution >= 4 is 0 Å². The lowest BCUT2D eigenvalue weighted by Gasteiger charge is -2.39. The highest BCUT2D eigenvalue weighted by atomic mass is 16.5. The Labute approximate surface area is 105 Å². The van der Waals surface area contributed by atoms with Gasteiger partial charge < -0.3 is 4.74 Å². The molecular weight excluding hydrogens is 208 g/mol. The van der Waals surface area contributed by atoms with Crippen molar-refractivity contribution in [2.75, 3.05) is 13.2 Å². The summed E-state index contributed by atoms with van der Waals surface area (Å²) in [6.45, 7) is 8.64. The molecule has 1 heterocycles. The van der Waals surface area contributed by atoms with Crippen LogP contribution in [0.1, 0.15) is 44.2 Å². The summed E-state index contributed by atoms with van der Waals surface area (Å²) in [6, 6.07) is 9.13. The van der Waals surface area contributed by atoms with Crippen LogP contribution in [0.25, 0.3) is 0 Å². The van der Waals surface area contributed by atoms with Gasteiger partial charge in [0.05, 0.1) is 0 Å². The molecule has 0 atom stereocenters. The molecule has 0 spiro atoms. The van der Waals surface area contributed by atoms with E-state index in [0.717, 1.165) is 19.1 Å². The predicted octanol–water partition coefficient (Wildman–Crippen LogP) is 4.09. The summed E-state index contributed by atoms with van der Waals surface area (Å²) in [4.78, 5) is 0. The number of benzene rings is 1. The van der Waals surface area contributed by atoms with Crippen molar-refractivity contribution in [3.63, 3.8) is 0 Å². The zero-order chi connectivity index (χ0) is 12.3. The van der Waals surface area contributed by atoms with E-state index in [1.807, 2.05) is 0 Å². The Bertz CT molecular complexity index is 344. The van der Waals surface area contributed by atoms with Gasteiger partial charge in [-0.3, -0.25) is 0 Å². The standard InChI is InChI=1S/C16H24O/c1-13(2)12-16(8-10-17-11-9-16)15-6-4-14(3)5-7-15/h4-7,13H,8-12H2,1-3H3. The summed E-state index contributed by atoms with van der Waals surface area (Å²) >= 11 is 0. The first-order valence-electron chi connectivity index (χ1n) is 6.77. The molecule has 1 nitrogen and oxygen atoms in total. The molecule has 1 fully saturated rings. The van der Waals surface area contributed by atoms with Crippen molar-refractivity contribution < 1.29 is 4.74 Å². The second-order valence-corrected chi connectivity index (χ2v) is 5.86. The molecular formula is C16H24O. The van der Waals surface area contributed by atoms with Gasteiger partial charge in [-0.05, 0) is 43.1 Å². The Balaban J connectivity index is 2.28. The van der Waals surface area contributed by atoms with Gasteiger partial charge in [0.2, 0.25) is 0 Å². The molecule has 0 bridgehead atoms. The fourth-order valence-electron chi connectivity index (χ4n) is 3.06. The first kappa shape index (κ1) is 12.6. The van der Waals surface area contributed by atoms with Crippen LogP contribution in [-0.2, 0) is 10.2 Å². The van der Waals surface area contributed by atoms with Gasteiger partial charge >= 0.3 is 0 Å². The topological polar surface area (TPSA) is 9.23 Å². The zero-order valence-corrected chi connectivity index (χ0v) is 11.3. The minimum absolute atomic E-state index is 0.361. The number of hydrogen-bond acceptors (Lipinski definition) is 1. The fourth-order valence-corrected chi connectivity index (χ4v) is 3.06. The third-order valence-electron chi connectivity index (χ3n) is 3.91. The van der Waals surface area contributed by atoms with E-state index in [9.17, 15) is 0 Å². The lowest BCUT2D eigenvalue weighted by Crippen LogP contribution is -2.35. The molecule has 1 aliphatic heterocycles. The van der Waals surface area contributed by atoms with Crippen molar-refractivity contribution in [2.24, 2.45) is 5.92 Å². The van der Waals surface area contributed by atoms with Gasteiger partial charge in [0.1, 0.15) is 0 Å². The van der Waals surface area contributed by atoms with E-state index in [1.165, 1.54) is 30.4 Å². The SMILES string of the molecule is Cc1ccc(C2(CC(C)C)CCOCC2)cc1. The van der Waals surface area contributed by atoms with Gasteiger partial charge in [-0.15, -0.1) is 0 Å². The maximum atomic E-state index is 5.55. The smallest absolute Gasteiger partial charge is 0.0474 e. The van der Waals surface area contributed by atoms with Gasteiger partial charge in [-0.25, -0.2) is 0 Å². The Morgan fingerprint density at radius 3 is 2.24 bits per heavy atom. The van der Waals surface area contributed by atoms with E-state index in [-0.39, 0.29) is 0 Å². The molecule has 0 saturated carbocycles. The Morgan fingerprint density at radius 2 is 1.71 bits per heavy atom. The number of aryl methyl sites for hydroxylation is 1. The molecule has 1 heteroatoms. The van der Waals surface area contributed by atoms with Crippen LogP contribution in [0, 0.1) is 12.8 Å². The molecule has 1 aliphatic rings. The molecule has 0 amide bonds. The van der Waals surface area contributed by atoms with Crippen molar-refractivity contribution in [3.8, 4) is 0 Å². The van der Waals surface area contributed by atoms with Gasteiger partial charge in [0.25, 0.3) is 0 Å². The number of hydrogen-bond donors (Lipinski definition) is 0. The molecule has 1 saturated heterocycles. The first-order valence-corrected chi connectivity index (χ1v) is 6.77. The lowest BCUT2D eigenvalue weighted by molar-refractivity contribution is 0.0422. The van der Waals surface area contributed by atoms with E-state index in [2.05, 4.69) is 45.0 Å². The molecule has 0 unspecified atom stereocenters. The van der Waals surface area contributed by atoms with Gasteiger partial charge in [-0.1, -0.05) is 43.7 Å². The Kier molecular flexibility index (Phi) is 3.88. The largest absolute Gasteiger partial charge is 0.381 e. The Hall–Kier alpha value is -0.820. The van der Waals surface area contributed by atoms with Gasteiger partial charge in [-0.2, -0.15) is 0 Å². The van der Waals surface area contributed by atoms with Crippen LogP contribution in [0.2, 0.25) is 0 Å². The monoisotopic (exact) mass is 232 g/mol. The van der Waals surface area contributed by atoms with Crippen molar-refractivity contribution in [1.29, 1.82) is 0 Å². The fraction of sp³-hybridized carbons (Fsp3) is 0.625. The van der Waals surface area contributed by atoms with Crippen LogP contribution >= 0.6 is 0 Å². The minimum atomic E-state index is 0.361. The molecule has 17 heavy (non-hydrogen) atoms. The molecule has 1 aromatic rings. The van der Waals surface area contributed by atoms with Gasteiger partial charge in [0, 0.05) is 13.2 Å². The quantitative estimate of drug-likeness (QED) is 0.762. The summed E-state index contributed by atoms with van der Waals surface area (Å²) in [5.41, 5.74) is 3.22. The van der Waals surface area contributed by atoms with Crippen LogP contribution in [-0.4, -0.2) is 13.2 Å². The van der Waals surface area contributed by atoms with Crippen molar-refractivity contribution in [3.05, 3.63) is 35.4 Å². The van der Waals surface area contributed by atoms with E-state index in [0.29, 0.717) is 5.41 Å². The maximum Gasteiger partial charge on any atom is 0.0474 e. The minimum Gasteiger partial charge on any atom is -0.381 e. The van der Waals surface area contributed by atoms with Crippen molar-refractivity contribution in [1.82, 2.24) is 0 Å². The molecule has 0 aliphatic carbocycles. The number of ether oxygens (including phenoxy) is 1. The normalized spacial score (nSPS) is 19.5. The summed E-state index contributed by atoms with van der Waals surface area (Å²) in [5, 5.41) is 0. The van der Waals surface area contributed by atoms with E-state index >= 15 is 0 Å². The second kappa shape index (κ2) is 5.22. The first-order chi connectivity index (χ1) is 8.12. The molecule has 94 valence electrons. The summed E-state index contributed by atoms with van der Waals surface area (Å²) < 4.78 is 5.55. The molecule has 0 aromatic heterocycles. The highest BCUT2D eigenvalue weighted by Gasteiger charge is 2.34. The van der Waals surface area contributed by atoms with Gasteiger partial charge in [0.15, 0.2) is 0 Å². The van der Waals surface area contributed by atoms with Crippen LogP contribution in [0.3, 0.4) is 0 Å². The van der Waals surface area contributed by atoms with E-state index in [1.54, 1.807) is 0 Å². The average Bonchev–Trinajstić information content (AvgIpc) is 2.30. The predicted molar refractivity (Wildman–Crippen MR) is 72.4 cm³/mol. The van der Waals surface area contributed by atoms with Crippen LogP contribution in [0.5, 0.6) is 0 Å². The summed E-state index contributed by atoms with van der Waals surface area (Å²) in [6.07, 6.45) is 3.63. The summed E-state index contributed by atoms with van der Waals surface area (Å²) in [7, 11) is 0. The average molecular weight is 232 g/mol. The summed E-state index contributed by atoms with van der Waals surface area (Å²) in [5.74, 6) is 0.745. The molecule has 0 N–H and O–H groups in total. The number of rotatable bonds is 3. The third-order valence-corrected chi connectivity index (χ3v) is 3.91. The molecule has 1 aromatic carbocycles. The highest BCUT2D eigenvalue weighted by Crippen LogP contribution is 2.40. The van der Waals surface area contributed by atoms with E-state index < -0.39 is 0 Å². The highest BCUT2D eigenvalue weighted by molar-refractivity contribution is 5.29. The maximum absolute atomic E-state index is 5.55. The lowest BCUT2D eigenvalue weighted by atomic mass is 9.69. The molecule has 0 radical (unpaired) electrons. The third kappa shape index (κ3) is 2.90.